The van der Waals surface area contributed by atoms with Crippen molar-refractivity contribution in [2.45, 2.75) is 51.5 Å². The lowest BCUT2D eigenvalue weighted by molar-refractivity contribution is -0.140. The number of hydrogen-bond donors (Lipinski definition) is 0. The zero-order valence-corrected chi connectivity index (χ0v) is 12.7. The minimum Gasteiger partial charge on any atom is -0.381 e. The monoisotopic (exact) mass is 293 g/mol. The van der Waals surface area contributed by atoms with E-state index in [4.69, 9.17) is 9.26 Å². The summed E-state index contributed by atoms with van der Waals surface area (Å²) in [7, 11) is 0. The highest BCUT2D eigenvalue weighted by molar-refractivity contribution is 5.79. The van der Waals surface area contributed by atoms with E-state index in [1.807, 2.05) is 18.7 Å². The van der Waals surface area contributed by atoms with Gasteiger partial charge < -0.3 is 14.2 Å². The van der Waals surface area contributed by atoms with E-state index in [1.54, 1.807) is 0 Å². The first-order valence-electron chi connectivity index (χ1n) is 7.88. The zero-order valence-electron chi connectivity index (χ0n) is 12.7. The number of carbonyl (C=O) groups excluding carboxylic acids is 1. The molecule has 0 saturated carbocycles. The van der Waals surface area contributed by atoms with Gasteiger partial charge in [-0.2, -0.15) is 4.98 Å². The molecule has 0 N–H and O–H groups in total. The Bertz CT molecular complexity index is 494. The second kappa shape index (κ2) is 6.13. The minimum absolute atomic E-state index is 0.0413. The molecule has 116 valence electrons. The molecule has 0 aromatic carbocycles. The highest BCUT2D eigenvalue weighted by Crippen LogP contribution is 2.34. The van der Waals surface area contributed by atoms with Gasteiger partial charge in [-0.15, -0.1) is 0 Å². The van der Waals surface area contributed by atoms with E-state index in [0.29, 0.717) is 19.1 Å². The first-order chi connectivity index (χ1) is 10.2. The summed E-state index contributed by atoms with van der Waals surface area (Å²) in [6.45, 7) is 6.24. The fourth-order valence-electron chi connectivity index (χ4n) is 3.08. The van der Waals surface area contributed by atoms with Crippen molar-refractivity contribution in [2.24, 2.45) is 5.92 Å². The molecule has 3 rings (SSSR count). The quantitative estimate of drug-likeness (QED) is 0.855. The van der Waals surface area contributed by atoms with Crippen molar-refractivity contribution in [3.63, 3.8) is 0 Å². The van der Waals surface area contributed by atoms with Gasteiger partial charge in [-0.05, 0) is 25.7 Å². The Morgan fingerprint density at radius 3 is 2.71 bits per heavy atom. The van der Waals surface area contributed by atoms with Crippen LogP contribution in [0.2, 0.25) is 0 Å². The van der Waals surface area contributed by atoms with Crippen molar-refractivity contribution < 1.29 is 14.1 Å². The predicted octanol–water partition coefficient (Wildman–Crippen LogP) is 2.28. The highest BCUT2D eigenvalue weighted by atomic mass is 16.5. The summed E-state index contributed by atoms with van der Waals surface area (Å²) in [5, 5.41) is 4.02. The maximum Gasteiger partial charge on any atom is 0.249 e. The summed E-state index contributed by atoms with van der Waals surface area (Å²) < 4.78 is 10.7. The lowest BCUT2D eigenvalue weighted by Gasteiger charge is -2.29. The van der Waals surface area contributed by atoms with Crippen molar-refractivity contribution >= 4 is 5.91 Å². The van der Waals surface area contributed by atoms with Crippen LogP contribution in [0.1, 0.15) is 63.2 Å². The number of hydrogen-bond acceptors (Lipinski definition) is 5. The van der Waals surface area contributed by atoms with Gasteiger partial charge >= 0.3 is 0 Å². The number of aromatic nitrogens is 2. The normalized spacial score (nSPS) is 24.0. The van der Waals surface area contributed by atoms with Crippen LogP contribution >= 0.6 is 0 Å². The van der Waals surface area contributed by atoms with E-state index in [2.05, 4.69) is 10.1 Å². The average molecular weight is 293 g/mol. The summed E-state index contributed by atoms with van der Waals surface area (Å²) >= 11 is 0. The molecule has 1 atom stereocenters. The SMILES string of the molecule is CC(C)c1noc(C2CCCN2C(=O)C2CCOCC2)n1. The molecule has 2 saturated heterocycles. The van der Waals surface area contributed by atoms with Crippen LogP contribution in [0.5, 0.6) is 0 Å². The van der Waals surface area contributed by atoms with E-state index in [-0.39, 0.29) is 23.8 Å². The minimum atomic E-state index is -0.0413. The van der Waals surface area contributed by atoms with Gasteiger partial charge in [0.05, 0.1) is 0 Å². The fraction of sp³-hybridized carbons (Fsp3) is 0.800. The number of carbonyl (C=O) groups is 1. The highest BCUT2D eigenvalue weighted by Gasteiger charge is 2.37. The molecular weight excluding hydrogens is 270 g/mol. The summed E-state index contributed by atoms with van der Waals surface area (Å²) in [5.41, 5.74) is 0. The summed E-state index contributed by atoms with van der Waals surface area (Å²) in [6.07, 6.45) is 3.56. The molecule has 2 aliphatic rings. The van der Waals surface area contributed by atoms with Crippen molar-refractivity contribution in [3.05, 3.63) is 11.7 Å². The maximum absolute atomic E-state index is 12.7. The molecule has 0 bridgehead atoms. The lowest BCUT2D eigenvalue weighted by Crippen LogP contribution is -2.38. The van der Waals surface area contributed by atoms with Gasteiger partial charge in [0.2, 0.25) is 11.8 Å². The summed E-state index contributed by atoms with van der Waals surface area (Å²) in [5.74, 6) is 1.87. The van der Waals surface area contributed by atoms with Crippen LogP contribution in [0.15, 0.2) is 4.52 Å². The number of nitrogens with zero attached hydrogens (tertiary/aromatic N) is 3. The standard InChI is InChI=1S/C15H23N3O3/c1-10(2)13-16-14(21-17-13)12-4-3-7-18(12)15(19)11-5-8-20-9-6-11/h10-12H,3-9H2,1-2H3. The van der Waals surface area contributed by atoms with E-state index < -0.39 is 0 Å². The van der Waals surface area contributed by atoms with Crippen molar-refractivity contribution in [1.82, 2.24) is 15.0 Å². The first kappa shape index (κ1) is 14.5. The Kier molecular flexibility index (Phi) is 4.24. The Balaban J connectivity index is 1.73. The summed E-state index contributed by atoms with van der Waals surface area (Å²) in [6, 6.07) is -0.0413. The van der Waals surface area contributed by atoms with E-state index in [9.17, 15) is 4.79 Å². The van der Waals surface area contributed by atoms with Crippen molar-refractivity contribution in [3.8, 4) is 0 Å². The average Bonchev–Trinajstić information content (AvgIpc) is 3.16. The van der Waals surface area contributed by atoms with Gasteiger partial charge in [0.1, 0.15) is 6.04 Å². The zero-order chi connectivity index (χ0) is 14.8. The maximum atomic E-state index is 12.7. The van der Waals surface area contributed by atoms with Crippen LogP contribution in [0.4, 0.5) is 0 Å². The van der Waals surface area contributed by atoms with Gasteiger partial charge in [0, 0.05) is 31.6 Å². The molecule has 6 heteroatoms. The van der Waals surface area contributed by atoms with Crippen LogP contribution in [0, 0.1) is 5.92 Å². The van der Waals surface area contributed by atoms with Crippen molar-refractivity contribution in [1.29, 1.82) is 0 Å². The second-order valence-corrected chi connectivity index (χ2v) is 6.22. The molecule has 1 aromatic rings. The van der Waals surface area contributed by atoms with Crippen LogP contribution < -0.4 is 0 Å². The third-order valence-electron chi connectivity index (χ3n) is 4.37. The lowest BCUT2D eigenvalue weighted by atomic mass is 9.98. The van der Waals surface area contributed by atoms with Crippen LogP contribution in [0.3, 0.4) is 0 Å². The Morgan fingerprint density at radius 2 is 2.05 bits per heavy atom. The van der Waals surface area contributed by atoms with E-state index >= 15 is 0 Å². The largest absolute Gasteiger partial charge is 0.381 e. The third kappa shape index (κ3) is 2.95. The summed E-state index contributed by atoms with van der Waals surface area (Å²) in [4.78, 5) is 19.1. The van der Waals surface area contributed by atoms with Gasteiger partial charge in [0.25, 0.3) is 0 Å². The second-order valence-electron chi connectivity index (χ2n) is 6.22. The van der Waals surface area contributed by atoms with Crippen LogP contribution in [-0.4, -0.2) is 40.7 Å². The molecule has 0 radical (unpaired) electrons. The number of likely N-dealkylation sites (tertiary alicyclic amines) is 1. The molecular formula is C15H23N3O3. The third-order valence-corrected chi connectivity index (χ3v) is 4.37. The van der Waals surface area contributed by atoms with Gasteiger partial charge in [-0.1, -0.05) is 19.0 Å². The van der Waals surface area contributed by atoms with Gasteiger partial charge in [0.15, 0.2) is 5.82 Å². The van der Waals surface area contributed by atoms with Gasteiger partial charge in [-0.25, -0.2) is 0 Å². The topological polar surface area (TPSA) is 68.5 Å². The Hall–Kier alpha value is -1.43. The molecule has 3 heterocycles. The number of amides is 1. The smallest absolute Gasteiger partial charge is 0.249 e. The fourth-order valence-corrected chi connectivity index (χ4v) is 3.08. The molecule has 1 amide bonds. The molecule has 0 spiro atoms. The van der Waals surface area contributed by atoms with Crippen LogP contribution in [0.25, 0.3) is 0 Å². The Labute approximate surface area is 124 Å². The van der Waals surface area contributed by atoms with E-state index in [0.717, 1.165) is 38.1 Å². The van der Waals surface area contributed by atoms with Crippen LogP contribution in [-0.2, 0) is 9.53 Å². The molecule has 6 nitrogen and oxygen atoms in total. The van der Waals surface area contributed by atoms with Crippen molar-refractivity contribution in [2.75, 3.05) is 19.8 Å². The number of rotatable bonds is 3. The van der Waals surface area contributed by atoms with E-state index in [1.165, 1.54) is 0 Å². The first-order valence-corrected chi connectivity index (χ1v) is 7.88. The number of ether oxygens (including phenoxy) is 1. The molecule has 1 aromatic heterocycles. The molecule has 2 fully saturated rings. The Morgan fingerprint density at radius 1 is 1.29 bits per heavy atom. The molecule has 1 unspecified atom stereocenters. The van der Waals surface area contributed by atoms with Gasteiger partial charge in [-0.3, -0.25) is 4.79 Å². The molecule has 21 heavy (non-hydrogen) atoms. The molecule has 0 aliphatic carbocycles. The molecule has 2 aliphatic heterocycles. The predicted molar refractivity (Wildman–Crippen MR) is 75.6 cm³/mol.